The molecule has 0 amide bonds. The van der Waals surface area contributed by atoms with Crippen LogP contribution in [0, 0.1) is 6.92 Å². The smallest absolute Gasteiger partial charge is 0.339 e. The third-order valence-corrected chi connectivity index (χ3v) is 6.12. The molecule has 5 rings (SSSR count). The largest absolute Gasteiger partial charge is 0.477 e. The molecule has 3 aromatic rings. The fraction of sp³-hybridized carbons (Fsp3) is 0.375. The predicted molar refractivity (Wildman–Crippen MR) is 110 cm³/mol. The Morgan fingerprint density at radius 2 is 1.86 bits per heavy atom. The molecule has 28 heavy (non-hydrogen) atoms. The van der Waals surface area contributed by atoms with Crippen molar-refractivity contribution in [3.8, 4) is 5.75 Å². The Morgan fingerprint density at radius 3 is 2.68 bits per heavy atom. The SMILES string of the molecule is Cc1c2c(cc3c4c(c(=O)oc13)CCCC4)CN(CCc1ccccc1)CO2. The summed E-state index contributed by atoms with van der Waals surface area (Å²) in [6.45, 7) is 4.41. The van der Waals surface area contributed by atoms with Gasteiger partial charge in [0.2, 0.25) is 0 Å². The molecular formula is C24H25NO3. The van der Waals surface area contributed by atoms with Gasteiger partial charge in [-0.1, -0.05) is 30.3 Å². The maximum Gasteiger partial charge on any atom is 0.339 e. The van der Waals surface area contributed by atoms with Crippen molar-refractivity contribution in [3.63, 3.8) is 0 Å². The fourth-order valence-corrected chi connectivity index (χ4v) is 4.63. The van der Waals surface area contributed by atoms with Crippen LogP contribution in [0.1, 0.15) is 40.7 Å². The number of fused-ring (bicyclic) bond motifs is 4. The minimum Gasteiger partial charge on any atom is -0.477 e. The van der Waals surface area contributed by atoms with Crippen LogP contribution >= 0.6 is 0 Å². The zero-order valence-corrected chi connectivity index (χ0v) is 16.3. The number of aryl methyl sites for hydroxylation is 2. The topological polar surface area (TPSA) is 42.7 Å². The van der Waals surface area contributed by atoms with Gasteiger partial charge in [0.05, 0.1) is 0 Å². The summed E-state index contributed by atoms with van der Waals surface area (Å²) in [5, 5.41) is 1.11. The third kappa shape index (κ3) is 3.02. The minimum atomic E-state index is -0.162. The number of ether oxygens (including phenoxy) is 1. The summed E-state index contributed by atoms with van der Waals surface area (Å²) < 4.78 is 11.9. The average Bonchev–Trinajstić information content (AvgIpc) is 2.74. The van der Waals surface area contributed by atoms with Gasteiger partial charge in [-0.05, 0) is 56.2 Å². The molecule has 0 spiro atoms. The Kier molecular flexibility index (Phi) is 4.44. The molecule has 4 heteroatoms. The van der Waals surface area contributed by atoms with Crippen molar-refractivity contribution in [3.05, 3.63) is 74.6 Å². The highest BCUT2D eigenvalue weighted by Crippen LogP contribution is 2.37. The van der Waals surface area contributed by atoms with Crippen LogP contribution in [0.2, 0.25) is 0 Å². The molecule has 1 aliphatic carbocycles. The Bertz CT molecular complexity index is 1080. The predicted octanol–water partition coefficient (Wildman–Crippen LogP) is 4.37. The molecular weight excluding hydrogens is 350 g/mol. The van der Waals surface area contributed by atoms with Crippen LogP contribution in [0.15, 0.2) is 45.6 Å². The van der Waals surface area contributed by atoms with Crippen molar-refractivity contribution in [2.75, 3.05) is 13.3 Å². The number of nitrogens with zero attached hydrogens (tertiary/aromatic N) is 1. The molecule has 1 aromatic heterocycles. The number of hydrogen-bond acceptors (Lipinski definition) is 4. The second-order valence-corrected chi connectivity index (χ2v) is 7.98. The first-order valence-electron chi connectivity index (χ1n) is 10.2. The summed E-state index contributed by atoms with van der Waals surface area (Å²) in [4.78, 5) is 14.8. The van der Waals surface area contributed by atoms with E-state index in [4.69, 9.17) is 9.15 Å². The van der Waals surface area contributed by atoms with Crippen LogP contribution in [-0.4, -0.2) is 18.2 Å². The first-order chi connectivity index (χ1) is 13.7. The van der Waals surface area contributed by atoms with Crippen LogP contribution in [-0.2, 0) is 25.8 Å². The molecule has 4 nitrogen and oxygen atoms in total. The molecule has 0 saturated carbocycles. The number of rotatable bonds is 3. The maximum atomic E-state index is 12.5. The van der Waals surface area contributed by atoms with Crippen LogP contribution in [0.5, 0.6) is 5.75 Å². The first kappa shape index (κ1) is 17.5. The van der Waals surface area contributed by atoms with Gasteiger partial charge in [-0.15, -0.1) is 0 Å². The molecule has 0 unspecified atom stereocenters. The van der Waals surface area contributed by atoms with Crippen molar-refractivity contribution in [1.29, 1.82) is 0 Å². The number of hydrogen-bond donors (Lipinski definition) is 0. The maximum absolute atomic E-state index is 12.5. The van der Waals surface area contributed by atoms with Crippen LogP contribution in [0.25, 0.3) is 11.0 Å². The van der Waals surface area contributed by atoms with E-state index in [0.29, 0.717) is 12.3 Å². The molecule has 144 valence electrons. The summed E-state index contributed by atoms with van der Waals surface area (Å²) in [5.74, 6) is 0.891. The van der Waals surface area contributed by atoms with Crippen molar-refractivity contribution in [2.24, 2.45) is 0 Å². The normalized spacial score (nSPS) is 16.5. The molecule has 2 heterocycles. The van der Waals surface area contributed by atoms with E-state index in [9.17, 15) is 4.79 Å². The summed E-state index contributed by atoms with van der Waals surface area (Å²) >= 11 is 0. The summed E-state index contributed by atoms with van der Waals surface area (Å²) in [6.07, 6.45) is 5.03. The van der Waals surface area contributed by atoms with Crippen LogP contribution < -0.4 is 10.4 Å². The van der Waals surface area contributed by atoms with Gasteiger partial charge in [-0.2, -0.15) is 0 Å². The molecule has 2 aliphatic rings. The second-order valence-electron chi connectivity index (χ2n) is 7.98. The van der Waals surface area contributed by atoms with E-state index in [-0.39, 0.29) is 5.63 Å². The van der Waals surface area contributed by atoms with Gasteiger partial charge in [-0.3, -0.25) is 4.90 Å². The highest BCUT2D eigenvalue weighted by atomic mass is 16.5. The van der Waals surface area contributed by atoms with Crippen molar-refractivity contribution < 1.29 is 9.15 Å². The lowest BCUT2D eigenvalue weighted by atomic mass is 9.89. The quantitative estimate of drug-likeness (QED) is 0.638. The Labute approximate surface area is 164 Å². The molecule has 1 aliphatic heterocycles. The van der Waals surface area contributed by atoms with E-state index in [1.54, 1.807) is 0 Å². The van der Waals surface area contributed by atoms with Gasteiger partial charge in [-0.25, -0.2) is 4.79 Å². The average molecular weight is 375 g/mol. The van der Waals surface area contributed by atoms with Gasteiger partial charge in [0.1, 0.15) is 18.1 Å². The van der Waals surface area contributed by atoms with E-state index in [1.807, 2.05) is 6.92 Å². The summed E-state index contributed by atoms with van der Waals surface area (Å²) in [6, 6.07) is 12.8. The van der Waals surface area contributed by atoms with Gasteiger partial charge in [0, 0.05) is 35.2 Å². The highest BCUT2D eigenvalue weighted by molar-refractivity contribution is 5.87. The highest BCUT2D eigenvalue weighted by Gasteiger charge is 2.25. The monoisotopic (exact) mass is 375 g/mol. The fourth-order valence-electron chi connectivity index (χ4n) is 4.63. The molecule has 2 aromatic carbocycles. The lowest BCUT2D eigenvalue weighted by molar-refractivity contribution is 0.0959. The van der Waals surface area contributed by atoms with E-state index >= 15 is 0 Å². The Morgan fingerprint density at radius 1 is 1.07 bits per heavy atom. The lowest BCUT2D eigenvalue weighted by Gasteiger charge is -2.30. The molecule has 0 atom stereocenters. The second kappa shape index (κ2) is 7.10. The van der Waals surface area contributed by atoms with E-state index in [2.05, 4.69) is 41.3 Å². The zero-order chi connectivity index (χ0) is 19.1. The van der Waals surface area contributed by atoms with Gasteiger partial charge in [0.25, 0.3) is 0 Å². The van der Waals surface area contributed by atoms with Crippen LogP contribution in [0.4, 0.5) is 0 Å². The zero-order valence-electron chi connectivity index (χ0n) is 16.3. The van der Waals surface area contributed by atoms with E-state index in [1.165, 1.54) is 16.7 Å². The van der Waals surface area contributed by atoms with Gasteiger partial charge < -0.3 is 9.15 Å². The van der Waals surface area contributed by atoms with Crippen LogP contribution in [0.3, 0.4) is 0 Å². The van der Waals surface area contributed by atoms with Gasteiger partial charge >= 0.3 is 5.63 Å². The van der Waals surface area contributed by atoms with Crippen molar-refractivity contribution >= 4 is 11.0 Å². The molecule has 0 fully saturated rings. The number of benzene rings is 2. The molecule has 0 N–H and O–H groups in total. The van der Waals surface area contributed by atoms with Crippen molar-refractivity contribution in [1.82, 2.24) is 4.90 Å². The van der Waals surface area contributed by atoms with Crippen molar-refractivity contribution in [2.45, 2.75) is 45.6 Å². The molecule has 0 saturated heterocycles. The molecule has 0 radical (unpaired) electrons. The van der Waals surface area contributed by atoms with E-state index < -0.39 is 0 Å². The lowest BCUT2D eigenvalue weighted by Crippen LogP contribution is -2.34. The Balaban J connectivity index is 1.48. The molecule has 0 bridgehead atoms. The summed E-state index contributed by atoms with van der Waals surface area (Å²) in [7, 11) is 0. The van der Waals surface area contributed by atoms with E-state index in [0.717, 1.165) is 67.5 Å². The first-order valence-corrected chi connectivity index (χ1v) is 10.2. The van der Waals surface area contributed by atoms with Gasteiger partial charge in [0.15, 0.2) is 0 Å². The minimum absolute atomic E-state index is 0.162. The standard InChI is InChI=1S/C24H25NO3/c1-16-22-18(14-25(15-27-22)12-11-17-7-3-2-4-8-17)13-21-19-9-5-6-10-20(19)24(26)28-23(16)21/h2-4,7-8,13H,5-6,9-12,14-15H2,1H3. The Hall–Kier alpha value is -2.59. The third-order valence-electron chi connectivity index (χ3n) is 6.12. The summed E-state index contributed by atoms with van der Waals surface area (Å²) in [5.41, 5.74) is 6.14.